The van der Waals surface area contributed by atoms with E-state index in [2.05, 4.69) is 15.9 Å². The zero-order valence-corrected chi connectivity index (χ0v) is 12.1. The number of phenols is 3. The summed E-state index contributed by atoms with van der Waals surface area (Å²) in [7, 11) is 0. The molecule has 21 heavy (non-hydrogen) atoms. The van der Waals surface area contributed by atoms with Gasteiger partial charge in [-0.05, 0) is 29.8 Å². The Kier molecular flexibility index (Phi) is 3.10. The Morgan fingerprint density at radius 1 is 0.952 bits per heavy atom. The molecular formula is C15H9BrO5. The van der Waals surface area contributed by atoms with Gasteiger partial charge >= 0.3 is 5.63 Å². The lowest BCUT2D eigenvalue weighted by molar-refractivity contribution is 0.365. The maximum Gasteiger partial charge on any atom is 0.344 e. The molecule has 0 bridgehead atoms. The Morgan fingerprint density at radius 3 is 2.29 bits per heavy atom. The summed E-state index contributed by atoms with van der Waals surface area (Å²) in [5.41, 5.74) is 0.113. The van der Waals surface area contributed by atoms with E-state index in [0.29, 0.717) is 16.5 Å². The van der Waals surface area contributed by atoms with Crippen LogP contribution in [0.15, 0.2) is 50.1 Å². The van der Waals surface area contributed by atoms with Crippen LogP contribution in [0.2, 0.25) is 0 Å². The van der Waals surface area contributed by atoms with Crippen molar-refractivity contribution in [3.8, 4) is 28.4 Å². The van der Waals surface area contributed by atoms with Crippen molar-refractivity contribution in [2.75, 3.05) is 0 Å². The molecule has 2 aromatic carbocycles. The van der Waals surface area contributed by atoms with E-state index in [1.807, 2.05) is 0 Å². The highest BCUT2D eigenvalue weighted by Crippen LogP contribution is 2.41. The SMILES string of the molecule is O=c1oc2c(O)c(O)c(O)cc2cc1-c1ccc(Br)cc1. The number of fused-ring (bicyclic) bond motifs is 1. The first kappa shape index (κ1) is 13.5. The average Bonchev–Trinajstić information content (AvgIpc) is 2.47. The molecule has 3 rings (SSSR count). The highest BCUT2D eigenvalue weighted by atomic mass is 79.9. The van der Waals surface area contributed by atoms with Crippen molar-refractivity contribution in [3.05, 3.63) is 51.3 Å². The second-order valence-electron chi connectivity index (χ2n) is 4.47. The van der Waals surface area contributed by atoms with Crippen LogP contribution in [-0.2, 0) is 0 Å². The fraction of sp³-hybridized carbons (Fsp3) is 0. The Morgan fingerprint density at radius 2 is 1.62 bits per heavy atom. The summed E-state index contributed by atoms with van der Waals surface area (Å²) >= 11 is 3.31. The van der Waals surface area contributed by atoms with Crippen LogP contribution in [0, 0.1) is 0 Å². The normalized spacial score (nSPS) is 10.9. The first-order valence-corrected chi connectivity index (χ1v) is 6.74. The summed E-state index contributed by atoms with van der Waals surface area (Å²) < 4.78 is 5.93. The van der Waals surface area contributed by atoms with Crippen LogP contribution in [0.3, 0.4) is 0 Å². The molecule has 0 aliphatic rings. The second-order valence-corrected chi connectivity index (χ2v) is 5.38. The molecule has 0 saturated carbocycles. The van der Waals surface area contributed by atoms with Gasteiger partial charge in [0.2, 0.25) is 11.5 Å². The van der Waals surface area contributed by atoms with E-state index in [0.717, 1.165) is 4.47 Å². The molecule has 0 radical (unpaired) electrons. The van der Waals surface area contributed by atoms with E-state index in [1.165, 1.54) is 12.1 Å². The van der Waals surface area contributed by atoms with E-state index >= 15 is 0 Å². The maximum absolute atomic E-state index is 12.0. The fourth-order valence-corrected chi connectivity index (χ4v) is 2.32. The van der Waals surface area contributed by atoms with Crippen molar-refractivity contribution >= 4 is 26.9 Å². The van der Waals surface area contributed by atoms with Crippen LogP contribution < -0.4 is 5.63 Å². The summed E-state index contributed by atoms with van der Waals surface area (Å²) in [4.78, 5) is 12.0. The number of rotatable bonds is 1. The van der Waals surface area contributed by atoms with Crippen molar-refractivity contribution in [1.82, 2.24) is 0 Å². The first-order chi connectivity index (χ1) is 9.97. The van der Waals surface area contributed by atoms with Gasteiger partial charge in [0, 0.05) is 9.86 Å². The molecule has 0 unspecified atom stereocenters. The Hall–Kier alpha value is -2.47. The molecule has 3 aromatic rings. The molecule has 5 nitrogen and oxygen atoms in total. The minimum Gasteiger partial charge on any atom is -0.504 e. The molecule has 6 heteroatoms. The molecule has 1 aromatic heterocycles. The molecule has 0 amide bonds. The van der Waals surface area contributed by atoms with Crippen molar-refractivity contribution < 1.29 is 19.7 Å². The van der Waals surface area contributed by atoms with Crippen LogP contribution >= 0.6 is 15.9 Å². The second kappa shape index (κ2) is 4.82. The molecule has 0 saturated heterocycles. The monoisotopic (exact) mass is 348 g/mol. The molecule has 3 N–H and O–H groups in total. The van der Waals surface area contributed by atoms with Crippen LogP contribution in [0.1, 0.15) is 0 Å². The number of benzene rings is 2. The van der Waals surface area contributed by atoms with Crippen molar-refractivity contribution in [2.24, 2.45) is 0 Å². The minimum absolute atomic E-state index is 0.170. The zero-order valence-electron chi connectivity index (χ0n) is 10.5. The summed E-state index contributed by atoms with van der Waals surface area (Å²) in [6.45, 7) is 0. The van der Waals surface area contributed by atoms with Gasteiger partial charge in [0.15, 0.2) is 11.3 Å². The van der Waals surface area contributed by atoms with E-state index in [9.17, 15) is 20.1 Å². The lowest BCUT2D eigenvalue weighted by Gasteiger charge is -2.06. The smallest absolute Gasteiger partial charge is 0.344 e. The molecule has 0 aliphatic heterocycles. The largest absolute Gasteiger partial charge is 0.504 e. The molecule has 0 atom stereocenters. The van der Waals surface area contributed by atoms with E-state index in [-0.39, 0.29) is 5.58 Å². The van der Waals surface area contributed by atoms with Gasteiger partial charge in [-0.25, -0.2) is 4.79 Å². The summed E-state index contributed by atoms with van der Waals surface area (Å²) in [5.74, 6) is -1.87. The molecule has 106 valence electrons. The third kappa shape index (κ3) is 2.23. The topological polar surface area (TPSA) is 90.9 Å². The van der Waals surface area contributed by atoms with Crippen LogP contribution in [0.4, 0.5) is 0 Å². The Balaban J connectivity index is 2.31. The number of phenolic OH excluding ortho intramolecular Hbond substituents is 3. The van der Waals surface area contributed by atoms with Crippen LogP contribution in [0.25, 0.3) is 22.1 Å². The quantitative estimate of drug-likeness (QED) is 0.463. The van der Waals surface area contributed by atoms with Crippen LogP contribution in [-0.4, -0.2) is 15.3 Å². The lowest BCUT2D eigenvalue weighted by Crippen LogP contribution is -2.02. The van der Waals surface area contributed by atoms with Gasteiger partial charge in [-0.3, -0.25) is 0 Å². The number of aromatic hydroxyl groups is 3. The summed E-state index contributed by atoms with van der Waals surface area (Å²) in [6.07, 6.45) is 0. The maximum atomic E-state index is 12.0. The number of halogens is 1. The van der Waals surface area contributed by atoms with E-state index in [1.54, 1.807) is 24.3 Å². The predicted octanol–water partition coefficient (Wildman–Crippen LogP) is 3.34. The number of hydrogen-bond donors (Lipinski definition) is 3. The highest BCUT2D eigenvalue weighted by Gasteiger charge is 2.16. The van der Waals surface area contributed by atoms with Crippen LogP contribution in [0.5, 0.6) is 17.2 Å². The highest BCUT2D eigenvalue weighted by molar-refractivity contribution is 9.10. The van der Waals surface area contributed by atoms with Crippen molar-refractivity contribution in [2.45, 2.75) is 0 Å². The third-order valence-corrected chi connectivity index (χ3v) is 3.63. The molecule has 1 heterocycles. The predicted molar refractivity (Wildman–Crippen MR) is 80.6 cm³/mol. The summed E-state index contributed by atoms with van der Waals surface area (Å²) in [5, 5.41) is 29.0. The fourth-order valence-electron chi connectivity index (χ4n) is 2.05. The van der Waals surface area contributed by atoms with Gasteiger partial charge in [0.05, 0.1) is 5.56 Å². The van der Waals surface area contributed by atoms with Gasteiger partial charge in [-0.15, -0.1) is 0 Å². The van der Waals surface area contributed by atoms with Gasteiger partial charge in [-0.1, -0.05) is 28.1 Å². The number of hydrogen-bond acceptors (Lipinski definition) is 5. The van der Waals surface area contributed by atoms with Gasteiger partial charge in [-0.2, -0.15) is 0 Å². The summed E-state index contributed by atoms with van der Waals surface area (Å²) in [6, 6.07) is 9.75. The third-order valence-electron chi connectivity index (χ3n) is 3.11. The van der Waals surface area contributed by atoms with Crippen molar-refractivity contribution in [1.29, 1.82) is 0 Å². The molecule has 0 aliphatic carbocycles. The first-order valence-electron chi connectivity index (χ1n) is 5.95. The van der Waals surface area contributed by atoms with E-state index < -0.39 is 22.9 Å². The lowest BCUT2D eigenvalue weighted by atomic mass is 10.1. The molecule has 0 fully saturated rings. The standard InChI is InChI=1S/C15H9BrO5/c16-9-3-1-7(2-4-9)10-5-8-6-11(17)12(18)13(19)14(8)21-15(10)20/h1-6,17-19H. The zero-order chi connectivity index (χ0) is 15.1. The van der Waals surface area contributed by atoms with E-state index in [4.69, 9.17) is 4.42 Å². The average molecular weight is 349 g/mol. The van der Waals surface area contributed by atoms with Crippen molar-refractivity contribution in [3.63, 3.8) is 0 Å². The Labute approximate surface area is 126 Å². The molecule has 0 spiro atoms. The minimum atomic E-state index is -0.720. The van der Waals surface area contributed by atoms with Gasteiger partial charge in [0.25, 0.3) is 0 Å². The van der Waals surface area contributed by atoms with Gasteiger partial charge in [0.1, 0.15) is 0 Å². The molecular weight excluding hydrogens is 340 g/mol. The van der Waals surface area contributed by atoms with Gasteiger partial charge < -0.3 is 19.7 Å². The Bertz CT molecular complexity index is 897.